The molecule has 0 aliphatic heterocycles. The number of benzene rings is 1. The molecule has 1 aliphatic carbocycles. The third kappa shape index (κ3) is 1.53. The molecule has 0 aromatic heterocycles. The van der Waals surface area contributed by atoms with Crippen molar-refractivity contribution in [1.29, 1.82) is 0 Å². The van der Waals surface area contributed by atoms with Crippen LogP contribution in [0.1, 0.15) is 35.1 Å². The summed E-state index contributed by atoms with van der Waals surface area (Å²) in [5.74, 6) is 0.945. The quantitative estimate of drug-likeness (QED) is 0.806. The molecule has 1 aromatic rings. The van der Waals surface area contributed by atoms with Gasteiger partial charge in [-0.1, -0.05) is 0 Å². The van der Waals surface area contributed by atoms with E-state index in [1.807, 2.05) is 6.92 Å². The lowest BCUT2D eigenvalue weighted by atomic mass is 9.94. The molecule has 0 atom stereocenters. The maximum absolute atomic E-state index is 10.2. The van der Waals surface area contributed by atoms with Gasteiger partial charge in [0.25, 0.3) is 0 Å². The Bertz CT molecular complexity index is 403. The molecule has 0 unspecified atom stereocenters. The second-order valence-electron chi connectivity index (χ2n) is 4.56. The van der Waals surface area contributed by atoms with Crippen LogP contribution in [0, 0.1) is 20.8 Å². The van der Waals surface area contributed by atoms with Crippen LogP contribution in [0.3, 0.4) is 0 Å². The van der Waals surface area contributed by atoms with Crippen LogP contribution in [0.4, 0.5) is 0 Å². The van der Waals surface area contributed by atoms with Crippen LogP contribution in [-0.4, -0.2) is 12.2 Å². The molecule has 0 spiro atoms. The van der Waals surface area contributed by atoms with Gasteiger partial charge in [0.05, 0.1) is 12.7 Å². The van der Waals surface area contributed by atoms with E-state index in [9.17, 15) is 5.11 Å². The molecule has 15 heavy (non-hydrogen) atoms. The zero-order valence-electron chi connectivity index (χ0n) is 9.85. The highest BCUT2D eigenvalue weighted by molar-refractivity contribution is 5.51. The second kappa shape index (κ2) is 3.24. The SMILES string of the molecule is COc1c(C)cc(C2(O)CC2)c(C)c1C. The monoisotopic (exact) mass is 206 g/mol. The van der Waals surface area contributed by atoms with Gasteiger partial charge in [0.15, 0.2) is 0 Å². The summed E-state index contributed by atoms with van der Waals surface area (Å²) in [6.07, 6.45) is 1.78. The molecule has 1 N–H and O–H groups in total. The summed E-state index contributed by atoms with van der Waals surface area (Å²) in [6, 6.07) is 2.06. The van der Waals surface area contributed by atoms with Gasteiger partial charge in [-0.2, -0.15) is 0 Å². The zero-order valence-corrected chi connectivity index (χ0v) is 9.85. The fourth-order valence-electron chi connectivity index (χ4n) is 2.24. The van der Waals surface area contributed by atoms with Crippen LogP contribution in [-0.2, 0) is 5.60 Å². The molecule has 1 saturated carbocycles. The first-order valence-electron chi connectivity index (χ1n) is 5.37. The van der Waals surface area contributed by atoms with Gasteiger partial charge in [-0.05, 0) is 61.9 Å². The summed E-state index contributed by atoms with van der Waals surface area (Å²) < 4.78 is 5.36. The van der Waals surface area contributed by atoms with Crippen LogP contribution in [0.2, 0.25) is 0 Å². The fraction of sp³-hybridized carbons (Fsp3) is 0.538. The topological polar surface area (TPSA) is 29.5 Å². The Labute approximate surface area is 90.9 Å². The Kier molecular flexibility index (Phi) is 2.27. The predicted octanol–water partition coefficient (Wildman–Crippen LogP) is 2.60. The van der Waals surface area contributed by atoms with Crippen molar-refractivity contribution in [1.82, 2.24) is 0 Å². The van der Waals surface area contributed by atoms with E-state index in [1.54, 1.807) is 7.11 Å². The lowest BCUT2D eigenvalue weighted by molar-refractivity contribution is 0.150. The molecule has 1 aromatic carbocycles. The van der Waals surface area contributed by atoms with Crippen LogP contribution in [0.15, 0.2) is 6.07 Å². The minimum Gasteiger partial charge on any atom is -0.496 e. The van der Waals surface area contributed by atoms with Crippen molar-refractivity contribution >= 4 is 0 Å². The van der Waals surface area contributed by atoms with Crippen molar-refractivity contribution in [2.45, 2.75) is 39.2 Å². The third-order valence-corrected chi connectivity index (χ3v) is 3.46. The number of hydrogen-bond acceptors (Lipinski definition) is 2. The molecule has 1 aliphatic rings. The number of ether oxygens (including phenoxy) is 1. The Balaban J connectivity index is 2.59. The van der Waals surface area contributed by atoms with Crippen LogP contribution in [0.5, 0.6) is 5.75 Å². The van der Waals surface area contributed by atoms with E-state index in [2.05, 4.69) is 19.9 Å². The predicted molar refractivity (Wildman–Crippen MR) is 60.3 cm³/mol. The molecule has 0 bridgehead atoms. The molecule has 0 saturated heterocycles. The smallest absolute Gasteiger partial charge is 0.124 e. The number of methoxy groups -OCH3 is 1. The Hall–Kier alpha value is -1.02. The Morgan fingerprint density at radius 2 is 1.80 bits per heavy atom. The number of aliphatic hydroxyl groups is 1. The van der Waals surface area contributed by atoms with Crippen molar-refractivity contribution in [3.63, 3.8) is 0 Å². The summed E-state index contributed by atoms with van der Waals surface area (Å²) in [5.41, 5.74) is 3.95. The van der Waals surface area contributed by atoms with Gasteiger partial charge in [-0.25, -0.2) is 0 Å². The van der Waals surface area contributed by atoms with Gasteiger partial charge in [0, 0.05) is 0 Å². The van der Waals surface area contributed by atoms with Crippen LogP contribution < -0.4 is 4.74 Å². The first-order chi connectivity index (χ1) is 6.99. The van der Waals surface area contributed by atoms with Crippen molar-refractivity contribution in [2.24, 2.45) is 0 Å². The zero-order chi connectivity index (χ0) is 11.2. The molecule has 0 heterocycles. The van der Waals surface area contributed by atoms with E-state index in [4.69, 9.17) is 4.74 Å². The van der Waals surface area contributed by atoms with Gasteiger partial charge in [0.1, 0.15) is 5.75 Å². The molecule has 2 rings (SSSR count). The van der Waals surface area contributed by atoms with E-state index < -0.39 is 5.60 Å². The van der Waals surface area contributed by atoms with E-state index in [-0.39, 0.29) is 0 Å². The van der Waals surface area contributed by atoms with Crippen LogP contribution in [0.25, 0.3) is 0 Å². The van der Waals surface area contributed by atoms with Crippen LogP contribution >= 0.6 is 0 Å². The van der Waals surface area contributed by atoms with Crippen molar-refractivity contribution in [2.75, 3.05) is 7.11 Å². The molecule has 2 nitrogen and oxygen atoms in total. The lowest BCUT2D eigenvalue weighted by Crippen LogP contribution is -2.09. The maximum atomic E-state index is 10.2. The van der Waals surface area contributed by atoms with Gasteiger partial charge < -0.3 is 9.84 Å². The van der Waals surface area contributed by atoms with E-state index in [0.717, 1.165) is 40.8 Å². The summed E-state index contributed by atoms with van der Waals surface area (Å²) in [6.45, 7) is 6.14. The summed E-state index contributed by atoms with van der Waals surface area (Å²) in [7, 11) is 1.69. The van der Waals surface area contributed by atoms with Crippen molar-refractivity contribution < 1.29 is 9.84 Å². The molecule has 1 fully saturated rings. The van der Waals surface area contributed by atoms with Crippen molar-refractivity contribution in [3.8, 4) is 5.75 Å². The van der Waals surface area contributed by atoms with Gasteiger partial charge in [0.2, 0.25) is 0 Å². The fourth-order valence-corrected chi connectivity index (χ4v) is 2.24. The first kappa shape index (κ1) is 10.5. The Morgan fingerprint density at radius 3 is 2.27 bits per heavy atom. The molecule has 2 heteroatoms. The Morgan fingerprint density at radius 1 is 1.20 bits per heavy atom. The molecular formula is C13H18O2. The van der Waals surface area contributed by atoms with Gasteiger partial charge in [-0.3, -0.25) is 0 Å². The highest BCUT2D eigenvalue weighted by Gasteiger charge is 2.43. The van der Waals surface area contributed by atoms with Gasteiger partial charge >= 0.3 is 0 Å². The largest absolute Gasteiger partial charge is 0.496 e. The molecule has 82 valence electrons. The van der Waals surface area contributed by atoms with E-state index >= 15 is 0 Å². The number of hydrogen-bond donors (Lipinski definition) is 1. The van der Waals surface area contributed by atoms with Gasteiger partial charge in [-0.15, -0.1) is 0 Å². The highest BCUT2D eigenvalue weighted by Crippen LogP contribution is 2.48. The molecule has 0 radical (unpaired) electrons. The molecular weight excluding hydrogens is 188 g/mol. The van der Waals surface area contributed by atoms with Crippen molar-refractivity contribution in [3.05, 3.63) is 28.3 Å². The average molecular weight is 206 g/mol. The minimum atomic E-state index is -0.550. The standard InChI is InChI=1S/C13H18O2/c1-8-7-11(13(14)5-6-13)9(2)10(3)12(8)15-4/h7,14H,5-6H2,1-4H3. The second-order valence-corrected chi connectivity index (χ2v) is 4.56. The van der Waals surface area contributed by atoms with E-state index in [0.29, 0.717) is 0 Å². The highest BCUT2D eigenvalue weighted by atomic mass is 16.5. The molecule has 0 amide bonds. The normalized spacial score (nSPS) is 17.7. The number of rotatable bonds is 2. The first-order valence-corrected chi connectivity index (χ1v) is 5.37. The summed E-state index contributed by atoms with van der Waals surface area (Å²) in [5, 5.41) is 10.2. The summed E-state index contributed by atoms with van der Waals surface area (Å²) >= 11 is 0. The lowest BCUT2D eigenvalue weighted by Gasteiger charge is -2.18. The third-order valence-electron chi connectivity index (χ3n) is 3.46. The maximum Gasteiger partial charge on any atom is 0.124 e. The van der Waals surface area contributed by atoms with E-state index in [1.165, 1.54) is 0 Å². The number of aryl methyl sites for hydroxylation is 1. The summed E-state index contributed by atoms with van der Waals surface area (Å²) in [4.78, 5) is 0. The average Bonchev–Trinajstić information content (AvgIpc) is 2.92. The minimum absolute atomic E-state index is 0.550.